The van der Waals surface area contributed by atoms with Gasteiger partial charge in [0, 0.05) is 45.8 Å². The predicted octanol–water partition coefficient (Wildman–Crippen LogP) is 2.47. The van der Waals surface area contributed by atoms with Crippen LogP contribution >= 0.6 is 24.8 Å². The minimum atomic E-state index is 0. The smallest absolute Gasteiger partial charge is 0.220 e. The summed E-state index contributed by atoms with van der Waals surface area (Å²) < 4.78 is 5.11. The molecule has 1 atom stereocenters. The lowest BCUT2D eigenvalue weighted by atomic mass is 9.84. The predicted molar refractivity (Wildman–Crippen MR) is 108 cm³/mol. The van der Waals surface area contributed by atoms with Crippen LogP contribution in [-0.2, 0) is 9.53 Å². The molecule has 2 rings (SSSR count). The van der Waals surface area contributed by atoms with Gasteiger partial charge in [0.25, 0.3) is 0 Å². The van der Waals surface area contributed by atoms with Crippen molar-refractivity contribution in [2.75, 3.05) is 46.4 Å². The van der Waals surface area contributed by atoms with Crippen LogP contribution in [0.4, 0.5) is 0 Å². The summed E-state index contributed by atoms with van der Waals surface area (Å²) in [6.07, 6.45) is 6.39. The molecule has 0 saturated carbocycles. The van der Waals surface area contributed by atoms with Crippen LogP contribution in [0.5, 0.6) is 0 Å². The highest BCUT2D eigenvalue weighted by molar-refractivity contribution is 5.85. The highest BCUT2D eigenvalue weighted by Crippen LogP contribution is 2.24. The molecule has 0 spiro atoms. The van der Waals surface area contributed by atoms with Crippen molar-refractivity contribution in [2.24, 2.45) is 11.8 Å². The van der Waals surface area contributed by atoms with E-state index in [9.17, 15) is 4.79 Å². The number of halogens is 2. The van der Waals surface area contributed by atoms with Crippen LogP contribution in [0.2, 0.25) is 0 Å². The van der Waals surface area contributed by atoms with Crippen molar-refractivity contribution in [3.8, 4) is 0 Å². The second-order valence-electron chi connectivity index (χ2n) is 7.30. The topological polar surface area (TPSA) is 53.6 Å². The molecule has 2 N–H and O–H groups in total. The van der Waals surface area contributed by atoms with Gasteiger partial charge in [-0.2, -0.15) is 0 Å². The zero-order valence-corrected chi connectivity index (χ0v) is 17.4. The first-order valence-corrected chi connectivity index (χ1v) is 9.40. The lowest BCUT2D eigenvalue weighted by Crippen LogP contribution is -2.45. The summed E-state index contributed by atoms with van der Waals surface area (Å²) in [7, 11) is 1.76. The maximum atomic E-state index is 12.3. The number of rotatable bonds is 8. The Morgan fingerprint density at radius 3 is 2.44 bits per heavy atom. The summed E-state index contributed by atoms with van der Waals surface area (Å²) in [5.41, 5.74) is 0. The fourth-order valence-corrected chi connectivity index (χ4v) is 3.89. The lowest BCUT2D eigenvalue weighted by molar-refractivity contribution is -0.123. The number of piperidine rings is 2. The van der Waals surface area contributed by atoms with Crippen molar-refractivity contribution in [2.45, 2.75) is 51.5 Å². The number of likely N-dealkylation sites (tertiary alicyclic amines) is 1. The summed E-state index contributed by atoms with van der Waals surface area (Å²) in [4.78, 5) is 14.8. The number of hydrogen-bond donors (Lipinski definition) is 2. The highest BCUT2D eigenvalue weighted by atomic mass is 35.5. The molecule has 2 aliphatic rings. The van der Waals surface area contributed by atoms with E-state index in [0.29, 0.717) is 24.3 Å². The van der Waals surface area contributed by atoms with E-state index >= 15 is 0 Å². The zero-order valence-electron chi connectivity index (χ0n) is 15.8. The first kappa shape index (κ1) is 24.9. The van der Waals surface area contributed by atoms with Gasteiger partial charge in [-0.25, -0.2) is 0 Å². The number of nitrogens with zero attached hydrogens (tertiary/aromatic N) is 1. The molecule has 0 aromatic rings. The molecule has 2 fully saturated rings. The van der Waals surface area contributed by atoms with Gasteiger partial charge >= 0.3 is 0 Å². The van der Waals surface area contributed by atoms with Crippen LogP contribution in [-0.4, -0.2) is 63.3 Å². The average Bonchev–Trinajstić information content (AvgIpc) is 2.57. The molecule has 0 aromatic carbocycles. The molecule has 1 unspecified atom stereocenters. The molecule has 25 heavy (non-hydrogen) atoms. The number of hydrogen-bond acceptors (Lipinski definition) is 4. The average molecular weight is 398 g/mol. The Kier molecular flexibility index (Phi) is 14.0. The molecule has 0 aliphatic carbocycles. The van der Waals surface area contributed by atoms with Crippen molar-refractivity contribution in [3.05, 3.63) is 0 Å². The summed E-state index contributed by atoms with van der Waals surface area (Å²) in [5, 5.41) is 6.67. The van der Waals surface area contributed by atoms with E-state index in [1.165, 1.54) is 12.8 Å². The first-order chi connectivity index (χ1) is 11.2. The second-order valence-corrected chi connectivity index (χ2v) is 7.30. The van der Waals surface area contributed by atoms with Crippen LogP contribution in [0, 0.1) is 11.8 Å². The third-order valence-electron chi connectivity index (χ3n) is 5.47. The quantitative estimate of drug-likeness (QED) is 0.617. The largest absolute Gasteiger partial charge is 0.385 e. The van der Waals surface area contributed by atoms with Crippen molar-refractivity contribution in [1.29, 1.82) is 0 Å². The summed E-state index contributed by atoms with van der Waals surface area (Å²) in [5.74, 6) is 1.48. The molecular formula is C18H37Cl2N3O2. The van der Waals surface area contributed by atoms with Crippen molar-refractivity contribution < 1.29 is 9.53 Å². The van der Waals surface area contributed by atoms with Gasteiger partial charge in [0.1, 0.15) is 0 Å². The Bertz CT molecular complexity index is 347. The molecule has 2 aliphatic heterocycles. The van der Waals surface area contributed by atoms with Crippen molar-refractivity contribution >= 4 is 30.7 Å². The van der Waals surface area contributed by atoms with Gasteiger partial charge in [0.15, 0.2) is 0 Å². The highest BCUT2D eigenvalue weighted by Gasteiger charge is 2.24. The van der Waals surface area contributed by atoms with E-state index in [2.05, 4.69) is 22.5 Å². The van der Waals surface area contributed by atoms with Crippen molar-refractivity contribution in [3.63, 3.8) is 0 Å². The molecule has 7 heteroatoms. The normalized spacial score (nSPS) is 21.0. The molecule has 0 bridgehead atoms. The maximum absolute atomic E-state index is 12.3. The lowest BCUT2D eigenvalue weighted by Gasteiger charge is -2.33. The van der Waals surface area contributed by atoms with Gasteiger partial charge in [-0.15, -0.1) is 24.8 Å². The van der Waals surface area contributed by atoms with E-state index in [-0.39, 0.29) is 30.7 Å². The van der Waals surface area contributed by atoms with Crippen LogP contribution in [0.3, 0.4) is 0 Å². The molecule has 150 valence electrons. The molecule has 0 aromatic heterocycles. The number of nitrogens with one attached hydrogen (secondary N) is 2. The van der Waals surface area contributed by atoms with E-state index in [1.54, 1.807) is 7.11 Å². The van der Waals surface area contributed by atoms with Gasteiger partial charge in [0.2, 0.25) is 5.91 Å². The SMILES string of the molecule is COCCCN1CCC(NC(=O)CC(C)C2CCNCC2)CC1.Cl.Cl. The molecule has 1 amide bonds. The number of carbonyl (C=O) groups excluding carboxylic acids is 1. The third kappa shape index (κ3) is 9.43. The van der Waals surface area contributed by atoms with Crippen LogP contribution < -0.4 is 10.6 Å². The molecule has 2 saturated heterocycles. The molecule has 0 radical (unpaired) electrons. The third-order valence-corrected chi connectivity index (χ3v) is 5.47. The Morgan fingerprint density at radius 1 is 1.20 bits per heavy atom. The van der Waals surface area contributed by atoms with E-state index < -0.39 is 0 Å². The molecule has 5 nitrogen and oxygen atoms in total. The fourth-order valence-electron chi connectivity index (χ4n) is 3.89. The number of ether oxygens (including phenoxy) is 1. The van der Waals surface area contributed by atoms with Crippen molar-refractivity contribution in [1.82, 2.24) is 15.5 Å². The molecule has 2 heterocycles. The first-order valence-electron chi connectivity index (χ1n) is 9.40. The zero-order chi connectivity index (χ0) is 16.5. The van der Waals surface area contributed by atoms with Gasteiger partial charge in [-0.05, 0) is 57.0 Å². The standard InChI is InChI=1S/C18H35N3O2.2ClH/c1-15(16-4-8-19-9-5-16)14-18(22)20-17-6-11-21(12-7-17)10-3-13-23-2;;/h15-17,19H,3-14H2,1-2H3,(H,20,22);2*1H. The number of carbonyl (C=O) groups is 1. The fraction of sp³-hybridized carbons (Fsp3) is 0.944. The Balaban J connectivity index is 0.00000288. The van der Waals surface area contributed by atoms with Gasteiger partial charge in [-0.1, -0.05) is 6.92 Å². The summed E-state index contributed by atoms with van der Waals surface area (Å²) >= 11 is 0. The number of methoxy groups -OCH3 is 1. The van der Waals surface area contributed by atoms with Crippen LogP contribution in [0.25, 0.3) is 0 Å². The summed E-state index contributed by atoms with van der Waals surface area (Å²) in [6, 6.07) is 0.376. The van der Waals surface area contributed by atoms with Crippen LogP contribution in [0.1, 0.15) is 45.4 Å². The number of amides is 1. The van der Waals surface area contributed by atoms with E-state index in [1.807, 2.05) is 0 Å². The summed E-state index contributed by atoms with van der Waals surface area (Å²) in [6.45, 7) is 8.60. The van der Waals surface area contributed by atoms with E-state index in [0.717, 1.165) is 58.6 Å². The van der Waals surface area contributed by atoms with Gasteiger partial charge in [-0.3, -0.25) is 4.79 Å². The minimum absolute atomic E-state index is 0. The maximum Gasteiger partial charge on any atom is 0.220 e. The van der Waals surface area contributed by atoms with Gasteiger partial charge in [0.05, 0.1) is 0 Å². The molecular weight excluding hydrogens is 361 g/mol. The minimum Gasteiger partial charge on any atom is -0.385 e. The van der Waals surface area contributed by atoms with E-state index in [4.69, 9.17) is 4.74 Å². The Labute approximate surface area is 165 Å². The Hall–Kier alpha value is -0.0700. The van der Waals surface area contributed by atoms with Gasteiger partial charge < -0.3 is 20.3 Å². The second kappa shape index (κ2) is 14.0. The van der Waals surface area contributed by atoms with Crippen LogP contribution in [0.15, 0.2) is 0 Å². The Morgan fingerprint density at radius 2 is 1.84 bits per heavy atom. The monoisotopic (exact) mass is 397 g/mol.